The third-order valence-corrected chi connectivity index (χ3v) is 3.93. The molecule has 0 saturated carbocycles. The van der Waals surface area contributed by atoms with Gasteiger partial charge in [0, 0.05) is 13.5 Å². The van der Waals surface area contributed by atoms with Gasteiger partial charge in [0.25, 0.3) is 0 Å². The maximum atomic E-state index is 5.65. The Labute approximate surface area is 109 Å². The van der Waals surface area contributed by atoms with Crippen LogP contribution in [0.3, 0.4) is 0 Å². The predicted octanol–water partition coefficient (Wildman–Crippen LogP) is 1.61. The smallest absolute Gasteiger partial charge is 0.232 e. The first-order chi connectivity index (χ1) is 8.72. The van der Waals surface area contributed by atoms with E-state index in [2.05, 4.69) is 21.5 Å². The number of nitrogens with two attached hydrogens (primary N) is 1. The van der Waals surface area contributed by atoms with Crippen molar-refractivity contribution >= 4 is 17.1 Å². The third kappa shape index (κ3) is 1.57. The van der Waals surface area contributed by atoms with Crippen molar-refractivity contribution in [1.82, 2.24) is 19.2 Å². The lowest BCUT2D eigenvalue weighted by Crippen LogP contribution is -2.06. The average molecular weight is 261 g/mol. The Morgan fingerprint density at radius 2 is 2.28 bits per heavy atom. The first-order valence-electron chi connectivity index (χ1n) is 5.87. The summed E-state index contributed by atoms with van der Waals surface area (Å²) in [6.45, 7) is 2.62. The molecule has 3 heterocycles. The minimum Gasteiger partial charge on any atom is -0.330 e. The van der Waals surface area contributed by atoms with E-state index >= 15 is 0 Å². The highest BCUT2D eigenvalue weighted by molar-refractivity contribution is 7.13. The molecule has 0 unspecified atom stereocenters. The zero-order chi connectivity index (χ0) is 12.7. The monoisotopic (exact) mass is 261 g/mol. The summed E-state index contributed by atoms with van der Waals surface area (Å²) in [5.41, 5.74) is 7.76. The molecule has 0 aliphatic carbocycles. The molecule has 0 atom stereocenters. The van der Waals surface area contributed by atoms with E-state index < -0.39 is 0 Å². The van der Waals surface area contributed by atoms with E-state index in [1.807, 2.05) is 29.1 Å². The van der Waals surface area contributed by atoms with Gasteiger partial charge in [-0.15, -0.1) is 16.4 Å². The Bertz CT molecular complexity index is 677. The summed E-state index contributed by atoms with van der Waals surface area (Å²) in [4.78, 5) is 5.73. The van der Waals surface area contributed by atoms with Crippen LogP contribution in [0.4, 0.5) is 0 Å². The molecule has 0 aliphatic heterocycles. The fourth-order valence-electron chi connectivity index (χ4n) is 2.16. The molecule has 0 amide bonds. The van der Waals surface area contributed by atoms with Gasteiger partial charge in [-0.05, 0) is 24.9 Å². The van der Waals surface area contributed by atoms with Gasteiger partial charge in [0.2, 0.25) is 5.78 Å². The topological polar surface area (TPSA) is 61.1 Å². The molecule has 0 radical (unpaired) electrons. The molecule has 0 fully saturated rings. The zero-order valence-electron chi connectivity index (χ0n) is 10.4. The van der Waals surface area contributed by atoms with E-state index in [9.17, 15) is 0 Å². The number of aromatic nitrogens is 4. The van der Waals surface area contributed by atoms with E-state index in [4.69, 9.17) is 5.73 Å². The second-order valence-electron chi connectivity index (χ2n) is 4.25. The van der Waals surface area contributed by atoms with Crippen molar-refractivity contribution in [3.63, 3.8) is 0 Å². The van der Waals surface area contributed by atoms with Crippen LogP contribution >= 0.6 is 11.3 Å². The lowest BCUT2D eigenvalue weighted by Gasteiger charge is -1.97. The fourth-order valence-corrected chi connectivity index (χ4v) is 2.90. The molecule has 18 heavy (non-hydrogen) atoms. The van der Waals surface area contributed by atoms with E-state index in [0.29, 0.717) is 6.54 Å². The SMILES string of the molecule is Cc1nc2n(C)c(-c3cccs3)nn2c1CCN. The maximum Gasteiger partial charge on any atom is 0.232 e. The van der Waals surface area contributed by atoms with Crippen molar-refractivity contribution in [2.75, 3.05) is 6.54 Å². The summed E-state index contributed by atoms with van der Waals surface area (Å²) in [5.74, 6) is 1.82. The molecule has 94 valence electrons. The van der Waals surface area contributed by atoms with Gasteiger partial charge in [-0.3, -0.25) is 4.57 Å². The number of fused-ring (bicyclic) bond motifs is 1. The van der Waals surface area contributed by atoms with Crippen LogP contribution in [0.15, 0.2) is 17.5 Å². The molecule has 0 spiro atoms. The van der Waals surface area contributed by atoms with Crippen molar-refractivity contribution < 1.29 is 0 Å². The van der Waals surface area contributed by atoms with Gasteiger partial charge in [0.1, 0.15) is 0 Å². The number of hydrogen-bond acceptors (Lipinski definition) is 4. The van der Waals surface area contributed by atoms with Gasteiger partial charge >= 0.3 is 0 Å². The summed E-state index contributed by atoms with van der Waals surface area (Å²) < 4.78 is 3.94. The number of nitrogens with zero attached hydrogens (tertiary/aromatic N) is 4. The number of imidazole rings is 1. The molecule has 6 heteroatoms. The normalized spacial score (nSPS) is 11.5. The highest BCUT2D eigenvalue weighted by atomic mass is 32.1. The van der Waals surface area contributed by atoms with Gasteiger partial charge in [-0.2, -0.15) is 0 Å². The van der Waals surface area contributed by atoms with E-state index in [1.54, 1.807) is 11.3 Å². The largest absolute Gasteiger partial charge is 0.330 e. The molecule has 0 aromatic carbocycles. The van der Waals surface area contributed by atoms with Gasteiger partial charge in [0.05, 0.1) is 16.3 Å². The van der Waals surface area contributed by atoms with Crippen LogP contribution in [-0.2, 0) is 13.5 Å². The van der Waals surface area contributed by atoms with Gasteiger partial charge in [0.15, 0.2) is 5.82 Å². The molecular formula is C12H15N5S. The molecular weight excluding hydrogens is 246 g/mol. The van der Waals surface area contributed by atoms with E-state index in [0.717, 1.165) is 34.3 Å². The molecule has 0 saturated heterocycles. The average Bonchev–Trinajstić information content (AvgIpc) is 3.02. The van der Waals surface area contributed by atoms with Crippen molar-refractivity contribution in [3.8, 4) is 10.7 Å². The van der Waals surface area contributed by atoms with Crippen molar-refractivity contribution in [1.29, 1.82) is 0 Å². The number of hydrogen-bond donors (Lipinski definition) is 1. The highest BCUT2D eigenvalue weighted by Gasteiger charge is 2.17. The first-order valence-corrected chi connectivity index (χ1v) is 6.75. The van der Waals surface area contributed by atoms with Crippen LogP contribution in [-0.4, -0.2) is 25.7 Å². The Hall–Kier alpha value is -1.66. The summed E-state index contributed by atoms with van der Waals surface area (Å²) >= 11 is 1.68. The van der Waals surface area contributed by atoms with Crippen LogP contribution in [0.5, 0.6) is 0 Å². The summed E-state index contributed by atoms with van der Waals surface area (Å²) in [6, 6.07) is 4.10. The minimum absolute atomic E-state index is 0.611. The lowest BCUT2D eigenvalue weighted by molar-refractivity contribution is 0.836. The Morgan fingerprint density at radius 3 is 2.94 bits per heavy atom. The van der Waals surface area contributed by atoms with Crippen LogP contribution in [0.25, 0.3) is 16.5 Å². The number of rotatable bonds is 3. The predicted molar refractivity (Wildman–Crippen MR) is 72.8 cm³/mol. The molecule has 3 aromatic rings. The Kier molecular flexibility index (Phi) is 2.68. The minimum atomic E-state index is 0.611. The fraction of sp³-hybridized carbons (Fsp3) is 0.333. The maximum absolute atomic E-state index is 5.65. The van der Waals surface area contributed by atoms with E-state index in [-0.39, 0.29) is 0 Å². The molecule has 2 N–H and O–H groups in total. The summed E-state index contributed by atoms with van der Waals surface area (Å²) in [5, 5.41) is 6.72. The van der Waals surface area contributed by atoms with Crippen molar-refractivity contribution in [2.24, 2.45) is 12.8 Å². The molecule has 0 aliphatic rings. The second-order valence-corrected chi connectivity index (χ2v) is 5.20. The Balaban J connectivity index is 2.23. The van der Waals surface area contributed by atoms with Gasteiger partial charge in [-0.1, -0.05) is 6.07 Å². The quantitative estimate of drug-likeness (QED) is 0.779. The highest BCUT2D eigenvalue weighted by Crippen LogP contribution is 2.25. The molecule has 3 aromatic heterocycles. The molecule has 5 nitrogen and oxygen atoms in total. The van der Waals surface area contributed by atoms with Gasteiger partial charge < -0.3 is 5.73 Å². The standard InChI is InChI=1S/C12H15N5S/c1-8-9(5-6-13)17-12(14-8)16(2)11(15-17)10-4-3-7-18-10/h3-4,7H,5-6,13H2,1-2H3. The molecule has 3 rings (SSSR count). The Morgan fingerprint density at radius 1 is 1.44 bits per heavy atom. The van der Waals surface area contributed by atoms with Crippen LogP contribution in [0.1, 0.15) is 11.4 Å². The first kappa shape index (κ1) is 11.4. The molecule has 0 bridgehead atoms. The summed E-state index contributed by atoms with van der Waals surface area (Å²) in [7, 11) is 2.00. The van der Waals surface area contributed by atoms with Crippen LogP contribution in [0.2, 0.25) is 0 Å². The second kappa shape index (κ2) is 4.22. The van der Waals surface area contributed by atoms with Crippen LogP contribution in [0, 0.1) is 6.92 Å². The van der Waals surface area contributed by atoms with Crippen LogP contribution < -0.4 is 5.73 Å². The lowest BCUT2D eigenvalue weighted by atomic mass is 10.3. The number of aryl methyl sites for hydroxylation is 2. The van der Waals surface area contributed by atoms with Crippen molar-refractivity contribution in [2.45, 2.75) is 13.3 Å². The van der Waals surface area contributed by atoms with Gasteiger partial charge in [-0.25, -0.2) is 9.50 Å². The zero-order valence-corrected chi connectivity index (χ0v) is 11.2. The number of thiophene rings is 1. The summed E-state index contributed by atoms with van der Waals surface area (Å²) in [6.07, 6.45) is 0.799. The van der Waals surface area contributed by atoms with Crippen molar-refractivity contribution in [3.05, 3.63) is 28.9 Å². The van der Waals surface area contributed by atoms with E-state index in [1.165, 1.54) is 0 Å². The third-order valence-electron chi connectivity index (χ3n) is 3.07.